The van der Waals surface area contributed by atoms with Gasteiger partial charge in [-0.2, -0.15) is 10.3 Å². The maximum Gasteiger partial charge on any atom is 0.207 e. The van der Waals surface area contributed by atoms with E-state index in [1.54, 1.807) is 0 Å². The molecule has 0 aromatic heterocycles. The van der Waals surface area contributed by atoms with E-state index in [-0.39, 0.29) is 0 Å². The van der Waals surface area contributed by atoms with Gasteiger partial charge in [-0.25, -0.2) is 0 Å². The van der Waals surface area contributed by atoms with Crippen molar-refractivity contribution in [2.24, 2.45) is 4.99 Å². The zero-order valence-corrected chi connectivity index (χ0v) is 11.0. The van der Waals surface area contributed by atoms with Crippen LogP contribution in [0.15, 0.2) is 41.4 Å². The van der Waals surface area contributed by atoms with Crippen LogP contribution in [0.5, 0.6) is 0 Å². The Bertz CT molecular complexity index is 476. The van der Waals surface area contributed by atoms with E-state index in [9.17, 15) is 0 Å². The largest absolute Gasteiger partial charge is 0.367 e. The molecule has 0 bridgehead atoms. The summed E-state index contributed by atoms with van der Waals surface area (Å²) in [5, 5.41) is 12.1. The highest BCUT2D eigenvalue weighted by molar-refractivity contribution is 5.97. The van der Waals surface area contributed by atoms with Crippen molar-refractivity contribution in [3.63, 3.8) is 0 Å². The van der Waals surface area contributed by atoms with Gasteiger partial charge in [-0.05, 0) is 24.5 Å². The summed E-state index contributed by atoms with van der Waals surface area (Å²) >= 11 is 0. The number of hydrogen-bond acceptors (Lipinski definition) is 2. The average molecular weight is 253 g/mol. The Labute approximate surface area is 114 Å². The molecule has 3 nitrogen and oxygen atoms in total. The van der Waals surface area contributed by atoms with Crippen molar-refractivity contribution in [2.75, 3.05) is 0 Å². The van der Waals surface area contributed by atoms with Crippen LogP contribution in [0.3, 0.4) is 0 Å². The van der Waals surface area contributed by atoms with Gasteiger partial charge < -0.3 is 5.32 Å². The normalized spacial score (nSPS) is 17.3. The van der Waals surface area contributed by atoms with Gasteiger partial charge in [0.1, 0.15) is 5.84 Å². The minimum Gasteiger partial charge on any atom is -0.367 e. The third-order valence-electron chi connectivity index (χ3n) is 3.36. The molecule has 0 saturated heterocycles. The second-order valence-electron chi connectivity index (χ2n) is 4.82. The number of nitrogens with one attached hydrogen (secondary N) is 1. The number of amidine groups is 1. The Morgan fingerprint density at radius 3 is 2.63 bits per heavy atom. The van der Waals surface area contributed by atoms with Crippen molar-refractivity contribution in [1.29, 1.82) is 5.26 Å². The molecule has 1 aromatic carbocycles. The first-order valence-corrected chi connectivity index (χ1v) is 6.85. The van der Waals surface area contributed by atoms with Gasteiger partial charge in [0.05, 0.1) is 0 Å². The van der Waals surface area contributed by atoms with E-state index < -0.39 is 0 Å². The van der Waals surface area contributed by atoms with Crippen LogP contribution in [-0.4, -0.2) is 11.9 Å². The van der Waals surface area contributed by atoms with Crippen molar-refractivity contribution < 1.29 is 0 Å². The second kappa shape index (κ2) is 7.38. The summed E-state index contributed by atoms with van der Waals surface area (Å²) in [5.41, 5.74) is 1.11. The molecule has 2 rings (SSSR count). The zero-order valence-electron chi connectivity index (χ0n) is 11.0. The molecule has 0 heterocycles. The summed E-state index contributed by atoms with van der Waals surface area (Å²) in [5.74, 6) is 0.665. The van der Waals surface area contributed by atoms with E-state index in [1.165, 1.54) is 32.1 Å². The Balaban J connectivity index is 1.98. The maximum absolute atomic E-state index is 8.75. The number of rotatable bonds is 3. The number of nitrogens with zero attached hydrogens (tertiary/aromatic N) is 2. The topological polar surface area (TPSA) is 48.2 Å². The summed E-state index contributed by atoms with van der Waals surface area (Å²) in [6.07, 6.45) is 11.9. The molecule has 19 heavy (non-hydrogen) atoms. The van der Waals surface area contributed by atoms with E-state index in [0.717, 1.165) is 5.56 Å². The molecule has 1 N–H and O–H groups in total. The van der Waals surface area contributed by atoms with E-state index in [4.69, 9.17) is 5.26 Å². The van der Waals surface area contributed by atoms with Crippen molar-refractivity contribution in [2.45, 2.75) is 38.1 Å². The smallest absolute Gasteiger partial charge is 0.207 e. The summed E-state index contributed by atoms with van der Waals surface area (Å²) in [4.78, 5) is 3.86. The van der Waals surface area contributed by atoms with Gasteiger partial charge in [0, 0.05) is 6.04 Å². The minimum absolute atomic E-state index is 0.460. The Kier molecular flexibility index (Phi) is 5.18. The van der Waals surface area contributed by atoms with Gasteiger partial charge in [-0.3, -0.25) is 0 Å². The molecule has 0 unspecified atom stereocenters. The molecule has 0 spiro atoms. The van der Waals surface area contributed by atoms with Crippen molar-refractivity contribution >= 4 is 11.9 Å². The summed E-state index contributed by atoms with van der Waals surface area (Å²) in [7, 11) is 0. The fraction of sp³-hybridized carbons (Fsp3) is 0.375. The molecule has 0 atom stereocenters. The fourth-order valence-corrected chi connectivity index (χ4v) is 2.37. The summed E-state index contributed by atoms with van der Waals surface area (Å²) in [6.45, 7) is 0. The summed E-state index contributed by atoms with van der Waals surface area (Å²) in [6, 6.07) is 10.5. The molecule has 1 aliphatic rings. The highest BCUT2D eigenvalue weighted by Gasteiger charge is 2.13. The Morgan fingerprint density at radius 2 is 1.95 bits per heavy atom. The summed E-state index contributed by atoms with van der Waals surface area (Å²) < 4.78 is 0. The second-order valence-corrected chi connectivity index (χ2v) is 4.82. The van der Waals surface area contributed by atoms with Crippen LogP contribution < -0.4 is 5.32 Å². The molecular formula is C16H19N3. The van der Waals surface area contributed by atoms with Crippen LogP contribution in [0.2, 0.25) is 0 Å². The lowest BCUT2D eigenvalue weighted by Gasteiger charge is -2.23. The molecule has 1 saturated carbocycles. The third kappa shape index (κ3) is 4.59. The Morgan fingerprint density at radius 1 is 1.21 bits per heavy atom. The fourth-order valence-electron chi connectivity index (χ4n) is 2.37. The molecule has 1 fully saturated rings. The molecule has 0 radical (unpaired) electrons. The maximum atomic E-state index is 8.75. The zero-order chi connectivity index (χ0) is 13.3. The van der Waals surface area contributed by atoms with Crippen molar-refractivity contribution in [1.82, 2.24) is 5.32 Å². The number of hydrogen-bond donors (Lipinski definition) is 1. The first-order chi connectivity index (χ1) is 9.38. The third-order valence-corrected chi connectivity index (χ3v) is 3.36. The number of aliphatic imine (C=N–C) groups is 1. The minimum atomic E-state index is 0.460. The van der Waals surface area contributed by atoms with Crippen LogP contribution >= 0.6 is 0 Å². The van der Waals surface area contributed by atoms with E-state index in [0.29, 0.717) is 11.9 Å². The number of nitriles is 1. The highest BCUT2D eigenvalue weighted by Crippen LogP contribution is 2.17. The number of benzene rings is 1. The van der Waals surface area contributed by atoms with Crippen LogP contribution in [0, 0.1) is 11.5 Å². The van der Waals surface area contributed by atoms with Crippen LogP contribution in [0.1, 0.15) is 37.7 Å². The molecule has 1 aromatic rings. The van der Waals surface area contributed by atoms with Gasteiger partial charge in [-0.15, -0.1) is 0 Å². The standard InChI is InChI=1S/C16H19N3/c17-13-18-16(19-15-9-5-2-6-10-15)12-11-14-7-3-1-4-8-14/h1,3-4,7-8,11-12,15H,2,5-6,9-10H2,(H,18,19)/b12-11+. The van der Waals surface area contributed by atoms with E-state index in [1.807, 2.05) is 48.7 Å². The van der Waals surface area contributed by atoms with Gasteiger partial charge >= 0.3 is 0 Å². The molecule has 0 amide bonds. The lowest BCUT2D eigenvalue weighted by Crippen LogP contribution is -2.35. The highest BCUT2D eigenvalue weighted by atomic mass is 15.0. The molecule has 3 heteroatoms. The molecular weight excluding hydrogens is 234 g/mol. The van der Waals surface area contributed by atoms with Crippen LogP contribution in [-0.2, 0) is 0 Å². The Hall–Kier alpha value is -2.08. The lowest BCUT2D eigenvalue weighted by atomic mass is 9.95. The predicted molar refractivity (Wildman–Crippen MR) is 78.5 cm³/mol. The quantitative estimate of drug-likeness (QED) is 0.509. The average Bonchev–Trinajstić information content (AvgIpc) is 2.47. The van der Waals surface area contributed by atoms with Gasteiger partial charge in [0.15, 0.2) is 0 Å². The molecule has 0 aliphatic heterocycles. The molecule has 1 aliphatic carbocycles. The van der Waals surface area contributed by atoms with E-state index >= 15 is 0 Å². The van der Waals surface area contributed by atoms with Crippen LogP contribution in [0.4, 0.5) is 0 Å². The SMILES string of the molecule is N#C/N=C(\C=C\c1ccccc1)NC1CCCCC1. The monoisotopic (exact) mass is 253 g/mol. The lowest BCUT2D eigenvalue weighted by molar-refractivity contribution is 0.414. The van der Waals surface area contributed by atoms with Crippen molar-refractivity contribution in [3.05, 3.63) is 42.0 Å². The van der Waals surface area contributed by atoms with E-state index in [2.05, 4.69) is 10.3 Å². The van der Waals surface area contributed by atoms with Crippen LogP contribution in [0.25, 0.3) is 6.08 Å². The van der Waals surface area contributed by atoms with Gasteiger partial charge in [-0.1, -0.05) is 55.7 Å². The molecule has 98 valence electrons. The van der Waals surface area contributed by atoms with Crippen molar-refractivity contribution in [3.8, 4) is 6.19 Å². The van der Waals surface area contributed by atoms with Gasteiger partial charge in [0.25, 0.3) is 0 Å². The predicted octanol–water partition coefficient (Wildman–Crippen LogP) is 3.50. The first-order valence-electron chi connectivity index (χ1n) is 6.85. The first kappa shape index (κ1) is 13.4. The van der Waals surface area contributed by atoms with Gasteiger partial charge in [0.2, 0.25) is 6.19 Å².